The average Bonchev–Trinajstić information content (AvgIpc) is 3.05. The van der Waals surface area contributed by atoms with Crippen LogP contribution in [0.3, 0.4) is 0 Å². The summed E-state index contributed by atoms with van der Waals surface area (Å²) in [5.74, 6) is -1.88. The van der Waals surface area contributed by atoms with E-state index in [1.165, 1.54) is 14.2 Å². The Balaban J connectivity index is 2.02. The molecule has 0 aliphatic heterocycles. The number of allylic oxidation sites excluding steroid dienone is 2. The summed E-state index contributed by atoms with van der Waals surface area (Å²) in [4.78, 5) is 48.4. The van der Waals surface area contributed by atoms with Crippen LogP contribution in [-0.4, -0.2) is 37.6 Å². The van der Waals surface area contributed by atoms with Crippen molar-refractivity contribution in [1.82, 2.24) is 0 Å². The molecule has 0 fully saturated rings. The minimum Gasteiger partial charge on any atom is -0.489 e. The van der Waals surface area contributed by atoms with Crippen molar-refractivity contribution >= 4 is 23.4 Å². The van der Waals surface area contributed by atoms with Crippen LogP contribution in [0.15, 0.2) is 22.7 Å². The zero-order chi connectivity index (χ0) is 20.9. The molecule has 0 atom stereocenters. The van der Waals surface area contributed by atoms with Gasteiger partial charge in [-0.3, -0.25) is 19.2 Å². The third-order valence-electron chi connectivity index (χ3n) is 5.57. The highest BCUT2D eigenvalue weighted by Gasteiger charge is 2.50. The standard InChI is InChI=1S/C20H28N2O6/c1-27-17-15(24)12-10-20(19(22)26,11-13(12)16(25)18(17)28-2)9-7-5-3-4-6-8-14(21)23/h3-11H2,1-2H3,(H2,21,23)(H2,22,26). The van der Waals surface area contributed by atoms with Gasteiger partial charge in [0, 0.05) is 17.6 Å². The van der Waals surface area contributed by atoms with Crippen LogP contribution in [0.1, 0.15) is 57.8 Å². The van der Waals surface area contributed by atoms with Crippen molar-refractivity contribution in [2.45, 2.75) is 57.8 Å². The Morgan fingerprint density at radius 1 is 0.857 bits per heavy atom. The molecule has 0 aromatic carbocycles. The predicted molar refractivity (Wildman–Crippen MR) is 100 cm³/mol. The van der Waals surface area contributed by atoms with Crippen LogP contribution in [0.4, 0.5) is 0 Å². The number of ether oxygens (including phenoxy) is 2. The normalized spacial score (nSPS) is 18.4. The number of carbonyl (C=O) groups is 4. The van der Waals surface area contributed by atoms with Crippen molar-refractivity contribution < 1.29 is 28.7 Å². The van der Waals surface area contributed by atoms with Crippen molar-refractivity contribution in [2.24, 2.45) is 16.9 Å². The van der Waals surface area contributed by atoms with E-state index in [2.05, 4.69) is 0 Å². The van der Waals surface area contributed by atoms with Gasteiger partial charge >= 0.3 is 0 Å². The number of methoxy groups -OCH3 is 2. The van der Waals surface area contributed by atoms with Gasteiger partial charge in [-0.25, -0.2) is 0 Å². The van der Waals surface area contributed by atoms with E-state index >= 15 is 0 Å². The van der Waals surface area contributed by atoms with Gasteiger partial charge in [0.15, 0.2) is 0 Å². The Morgan fingerprint density at radius 3 is 1.75 bits per heavy atom. The molecule has 2 aliphatic rings. The Morgan fingerprint density at radius 2 is 1.32 bits per heavy atom. The molecule has 0 saturated carbocycles. The van der Waals surface area contributed by atoms with E-state index in [-0.39, 0.29) is 30.3 Å². The number of amides is 2. The molecule has 2 aliphatic carbocycles. The number of rotatable bonds is 11. The van der Waals surface area contributed by atoms with Gasteiger partial charge in [0.05, 0.1) is 19.6 Å². The second-order valence-electron chi connectivity index (χ2n) is 7.41. The van der Waals surface area contributed by atoms with Gasteiger partial charge in [-0.15, -0.1) is 0 Å². The maximum absolute atomic E-state index is 12.7. The fourth-order valence-electron chi connectivity index (χ4n) is 4.01. The van der Waals surface area contributed by atoms with Crippen LogP contribution in [0.5, 0.6) is 0 Å². The number of Topliss-reactive ketones (excluding diaryl/α,β-unsaturated/α-hetero) is 2. The predicted octanol–water partition coefficient (Wildman–Crippen LogP) is 1.42. The highest BCUT2D eigenvalue weighted by Crippen LogP contribution is 2.49. The van der Waals surface area contributed by atoms with Crippen molar-refractivity contribution in [3.63, 3.8) is 0 Å². The molecular formula is C20H28N2O6. The Kier molecular flexibility index (Phi) is 6.99. The Labute approximate surface area is 164 Å². The van der Waals surface area contributed by atoms with Crippen LogP contribution >= 0.6 is 0 Å². The molecule has 0 bridgehead atoms. The zero-order valence-corrected chi connectivity index (χ0v) is 16.5. The van der Waals surface area contributed by atoms with Crippen molar-refractivity contribution in [1.29, 1.82) is 0 Å². The first-order chi connectivity index (χ1) is 13.3. The van der Waals surface area contributed by atoms with Gasteiger partial charge in [-0.2, -0.15) is 0 Å². The van der Waals surface area contributed by atoms with Gasteiger partial charge in [0.1, 0.15) is 0 Å². The number of hydrogen-bond acceptors (Lipinski definition) is 6. The molecular weight excluding hydrogens is 364 g/mol. The van der Waals surface area contributed by atoms with Crippen molar-refractivity contribution in [2.75, 3.05) is 14.2 Å². The van der Waals surface area contributed by atoms with E-state index in [9.17, 15) is 19.2 Å². The van der Waals surface area contributed by atoms with Gasteiger partial charge in [-0.1, -0.05) is 25.7 Å². The average molecular weight is 392 g/mol. The van der Waals surface area contributed by atoms with E-state index in [4.69, 9.17) is 20.9 Å². The number of carbonyl (C=O) groups excluding carboxylic acids is 4. The quantitative estimate of drug-likeness (QED) is 0.403. The lowest BCUT2D eigenvalue weighted by Gasteiger charge is -2.25. The lowest BCUT2D eigenvalue weighted by atomic mass is 9.77. The van der Waals surface area contributed by atoms with E-state index in [1.807, 2.05) is 0 Å². The summed E-state index contributed by atoms with van der Waals surface area (Å²) in [6, 6.07) is 0. The van der Waals surface area contributed by atoms with Crippen LogP contribution in [-0.2, 0) is 28.7 Å². The summed E-state index contributed by atoms with van der Waals surface area (Å²) in [6.07, 6.45) is 5.32. The lowest BCUT2D eigenvalue weighted by Crippen LogP contribution is -2.35. The van der Waals surface area contributed by atoms with Gasteiger partial charge in [0.2, 0.25) is 34.9 Å². The molecule has 0 unspecified atom stereocenters. The SMILES string of the molecule is COC1=C(OC)C(=O)C2=C(CC(CCCCCCCC(N)=O)(C(N)=O)C2)C1=O. The number of hydrogen-bond donors (Lipinski definition) is 2. The summed E-state index contributed by atoms with van der Waals surface area (Å²) in [5, 5.41) is 0. The molecule has 4 N–H and O–H groups in total. The van der Waals surface area contributed by atoms with Crippen LogP contribution in [0.25, 0.3) is 0 Å². The van der Waals surface area contributed by atoms with Crippen LogP contribution in [0.2, 0.25) is 0 Å². The molecule has 0 radical (unpaired) electrons. The van der Waals surface area contributed by atoms with Gasteiger partial charge in [-0.05, 0) is 25.7 Å². The fraction of sp³-hybridized carbons (Fsp3) is 0.600. The number of unbranched alkanes of at least 4 members (excludes halogenated alkanes) is 4. The first-order valence-electron chi connectivity index (χ1n) is 9.49. The summed E-state index contributed by atoms with van der Waals surface area (Å²) in [5.41, 5.74) is 10.5. The summed E-state index contributed by atoms with van der Waals surface area (Å²) in [7, 11) is 2.61. The zero-order valence-electron chi connectivity index (χ0n) is 16.5. The van der Waals surface area contributed by atoms with E-state index < -0.39 is 22.9 Å². The number of primary amides is 2. The Hall–Kier alpha value is -2.64. The summed E-state index contributed by atoms with van der Waals surface area (Å²) in [6.45, 7) is 0. The van der Waals surface area contributed by atoms with E-state index in [0.29, 0.717) is 24.0 Å². The monoisotopic (exact) mass is 392 g/mol. The third-order valence-corrected chi connectivity index (χ3v) is 5.57. The second kappa shape index (κ2) is 9.03. The molecule has 0 aromatic heterocycles. The highest BCUT2D eigenvalue weighted by atomic mass is 16.5. The van der Waals surface area contributed by atoms with Gasteiger partial charge in [0.25, 0.3) is 0 Å². The number of nitrogens with two attached hydrogens (primary N) is 2. The van der Waals surface area contributed by atoms with E-state index in [1.54, 1.807) is 0 Å². The molecule has 8 heteroatoms. The Bertz CT molecular complexity index is 712. The van der Waals surface area contributed by atoms with Crippen LogP contribution in [0, 0.1) is 5.41 Å². The van der Waals surface area contributed by atoms with Crippen molar-refractivity contribution in [3.8, 4) is 0 Å². The molecule has 0 aromatic rings. The lowest BCUT2D eigenvalue weighted by molar-refractivity contribution is -0.127. The molecule has 0 heterocycles. The molecule has 2 rings (SSSR count). The maximum Gasteiger partial charge on any atom is 0.228 e. The molecule has 154 valence electrons. The maximum atomic E-state index is 12.7. The fourth-order valence-corrected chi connectivity index (χ4v) is 4.01. The molecule has 8 nitrogen and oxygen atoms in total. The first-order valence-corrected chi connectivity index (χ1v) is 9.49. The second-order valence-corrected chi connectivity index (χ2v) is 7.41. The summed E-state index contributed by atoms with van der Waals surface area (Å²) >= 11 is 0. The first kappa shape index (κ1) is 21.7. The smallest absolute Gasteiger partial charge is 0.228 e. The third kappa shape index (κ3) is 4.26. The highest BCUT2D eigenvalue weighted by molar-refractivity contribution is 6.24. The molecule has 28 heavy (non-hydrogen) atoms. The minimum atomic E-state index is -0.939. The molecule has 2 amide bonds. The van der Waals surface area contributed by atoms with E-state index in [0.717, 1.165) is 32.1 Å². The molecule has 0 saturated heterocycles. The van der Waals surface area contributed by atoms with Crippen LogP contribution < -0.4 is 11.5 Å². The topological polar surface area (TPSA) is 139 Å². The number of ketones is 2. The summed E-state index contributed by atoms with van der Waals surface area (Å²) < 4.78 is 10.1. The van der Waals surface area contributed by atoms with Gasteiger partial charge < -0.3 is 20.9 Å². The van der Waals surface area contributed by atoms with Crippen molar-refractivity contribution in [3.05, 3.63) is 22.7 Å². The largest absolute Gasteiger partial charge is 0.489 e. The molecule has 0 spiro atoms. The minimum absolute atomic E-state index is 0.124.